The molecule has 3 rings (SSSR count). The number of hydrogen-bond donors (Lipinski definition) is 1. The number of benzene rings is 2. The van der Waals surface area contributed by atoms with Crippen molar-refractivity contribution in [2.75, 3.05) is 6.61 Å². The van der Waals surface area contributed by atoms with Gasteiger partial charge in [0.1, 0.15) is 11.5 Å². The second-order valence-electron chi connectivity index (χ2n) is 8.09. The Morgan fingerprint density at radius 2 is 1.71 bits per heavy atom. The van der Waals surface area contributed by atoms with Crippen molar-refractivity contribution in [3.05, 3.63) is 52.7 Å². The van der Waals surface area contributed by atoms with Crippen molar-refractivity contribution in [3.8, 4) is 33.9 Å². The number of aromatic nitrogens is 2. The first-order valence-corrected chi connectivity index (χ1v) is 10.6. The number of alkyl halides is 6. The Morgan fingerprint density at radius 3 is 2.26 bits per heavy atom. The van der Waals surface area contributed by atoms with Crippen LogP contribution >= 0.6 is 11.6 Å². The minimum absolute atomic E-state index is 0.0554. The van der Waals surface area contributed by atoms with Crippen LogP contribution in [0.4, 0.5) is 26.3 Å². The fourth-order valence-corrected chi connectivity index (χ4v) is 3.56. The van der Waals surface area contributed by atoms with Gasteiger partial charge in [0.05, 0.1) is 28.5 Å². The van der Waals surface area contributed by atoms with E-state index < -0.39 is 34.4 Å². The van der Waals surface area contributed by atoms with Crippen LogP contribution in [0.3, 0.4) is 0 Å². The lowest BCUT2D eigenvalue weighted by Gasteiger charge is -2.18. The third kappa shape index (κ3) is 5.43. The van der Waals surface area contributed by atoms with Gasteiger partial charge in [0.15, 0.2) is 5.69 Å². The molecule has 0 bridgehead atoms. The third-order valence-corrected chi connectivity index (χ3v) is 5.43. The van der Waals surface area contributed by atoms with E-state index in [0.717, 1.165) is 22.9 Å². The Balaban J connectivity index is 2.21. The molecule has 1 heterocycles. The summed E-state index contributed by atoms with van der Waals surface area (Å²) in [6, 6.07) is 6.56. The maximum absolute atomic E-state index is 13.5. The van der Waals surface area contributed by atoms with Crippen molar-refractivity contribution in [2.24, 2.45) is 13.0 Å². The number of aromatic hydroxyl groups is 1. The zero-order valence-corrected chi connectivity index (χ0v) is 19.1. The van der Waals surface area contributed by atoms with Gasteiger partial charge in [0.25, 0.3) is 0 Å². The van der Waals surface area contributed by atoms with Crippen molar-refractivity contribution < 1.29 is 36.2 Å². The van der Waals surface area contributed by atoms with Crippen LogP contribution in [0.5, 0.6) is 11.5 Å². The van der Waals surface area contributed by atoms with Gasteiger partial charge in [0, 0.05) is 12.6 Å². The van der Waals surface area contributed by atoms with Crippen LogP contribution in [0.2, 0.25) is 5.02 Å². The molecule has 0 unspecified atom stereocenters. The van der Waals surface area contributed by atoms with E-state index in [4.69, 9.17) is 16.3 Å². The van der Waals surface area contributed by atoms with Crippen LogP contribution in [-0.4, -0.2) is 21.5 Å². The highest BCUT2D eigenvalue weighted by molar-refractivity contribution is 6.31. The lowest BCUT2D eigenvalue weighted by atomic mass is 9.97. The van der Waals surface area contributed by atoms with E-state index in [2.05, 4.69) is 5.10 Å². The lowest BCUT2D eigenvalue weighted by Crippen LogP contribution is -2.07. The Morgan fingerprint density at radius 1 is 1.03 bits per heavy atom. The molecule has 0 saturated carbocycles. The van der Waals surface area contributed by atoms with Crippen molar-refractivity contribution in [1.82, 2.24) is 9.78 Å². The Bertz CT molecular complexity index is 1190. The molecule has 0 spiro atoms. The average Bonchev–Trinajstić information content (AvgIpc) is 3.10. The molecule has 0 aliphatic carbocycles. The quantitative estimate of drug-likeness (QED) is 0.351. The Labute approximate surface area is 196 Å². The van der Waals surface area contributed by atoms with E-state index in [1.54, 1.807) is 0 Å². The largest absolute Gasteiger partial charge is 0.506 e. The standard InChI is InChI=1S/C23H21ClF6N2O2/c1-12(2)8-9-34-18-7-5-14(17-11-19(23(28,29)30)31-32(17)3)21(33)20(18)13-4-6-16(24)15(10-13)22(25,26)27/h4-7,10-12,33H,8-9H2,1-3H3. The molecule has 2 aromatic carbocycles. The molecule has 34 heavy (non-hydrogen) atoms. The first-order valence-electron chi connectivity index (χ1n) is 10.2. The fraction of sp³-hybridized carbons (Fsp3) is 0.348. The molecule has 0 radical (unpaired) electrons. The molecule has 0 aliphatic rings. The van der Waals surface area contributed by atoms with Gasteiger partial charge in [-0.2, -0.15) is 31.4 Å². The summed E-state index contributed by atoms with van der Waals surface area (Å²) >= 11 is 5.73. The molecule has 11 heteroatoms. The van der Waals surface area contributed by atoms with Gasteiger partial charge in [0.2, 0.25) is 0 Å². The van der Waals surface area contributed by atoms with Crippen LogP contribution in [0.15, 0.2) is 36.4 Å². The molecule has 1 aromatic heterocycles. The monoisotopic (exact) mass is 506 g/mol. The van der Waals surface area contributed by atoms with E-state index in [9.17, 15) is 31.4 Å². The van der Waals surface area contributed by atoms with Crippen molar-refractivity contribution in [3.63, 3.8) is 0 Å². The molecule has 184 valence electrons. The van der Waals surface area contributed by atoms with Crippen molar-refractivity contribution >= 4 is 11.6 Å². The minimum atomic E-state index is -4.76. The minimum Gasteiger partial charge on any atom is -0.506 e. The zero-order chi connectivity index (χ0) is 25.4. The fourth-order valence-electron chi connectivity index (χ4n) is 3.34. The topological polar surface area (TPSA) is 47.3 Å². The van der Waals surface area contributed by atoms with Gasteiger partial charge in [-0.25, -0.2) is 0 Å². The van der Waals surface area contributed by atoms with E-state index >= 15 is 0 Å². The number of nitrogens with zero attached hydrogens (tertiary/aromatic N) is 2. The Kier molecular flexibility index (Phi) is 7.12. The molecule has 0 fully saturated rings. The molecule has 0 saturated heterocycles. The van der Waals surface area contributed by atoms with Crippen LogP contribution in [0, 0.1) is 5.92 Å². The summed E-state index contributed by atoms with van der Waals surface area (Å²) in [5, 5.41) is 14.0. The lowest BCUT2D eigenvalue weighted by molar-refractivity contribution is -0.141. The number of phenolic OH excluding ortho intramolecular Hbond substituents is 1. The summed E-state index contributed by atoms with van der Waals surface area (Å²) in [6.07, 6.45) is -8.85. The molecule has 4 nitrogen and oxygen atoms in total. The normalized spacial score (nSPS) is 12.4. The van der Waals surface area contributed by atoms with Crippen molar-refractivity contribution in [1.29, 1.82) is 0 Å². The number of aryl methyl sites for hydroxylation is 1. The number of hydrogen-bond acceptors (Lipinski definition) is 3. The van der Waals surface area contributed by atoms with Crippen LogP contribution in [0.25, 0.3) is 22.4 Å². The average molecular weight is 507 g/mol. The maximum atomic E-state index is 13.5. The predicted octanol–water partition coefficient (Wildman–Crippen LogP) is 7.58. The maximum Gasteiger partial charge on any atom is 0.435 e. The highest BCUT2D eigenvalue weighted by atomic mass is 35.5. The molecule has 1 N–H and O–H groups in total. The summed E-state index contributed by atoms with van der Waals surface area (Å²) in [6.45, 7) is 4.13. The molecule has 0 atom stereocenters. The van der Waals surface area contributed by atoms with Gasteiger partial charge < -0.3 is 9.84 Å². The number of phenols is 1. The summed E-state index contributed by atoms with van der Waals surface area (Å²) in [7, 11) is 1.26. The molecule has 3 aromatic rings. The smallest absolute Gasteiger partial charge is 0.435 e. The van der Waals surface area contributed by atoms with E-state index in [-0.39, 0.29) is 40.7 Å². The predicted molar refractivity (Wildman–Crippen MR) is 116 cm³/mol. The highest BCUT2D eigenvalue weighted by Gasteiger charge is 2.36. The van der Waals surface area contributed by atoms with E-state index in [0.29, 0.717) is 6.42 Å². The molecular formula is C23H21ClF6N2O2. The Hall–Kier alpha value is -2.88. The van der Waals surface area contributed by atoms with Gasteiger partial charge >= 0.3 is 12.4 Å². The molecule has 0 aliphatic heterocycles. The molecular weight excluding hydrogens is 486 g/mol. The second-order valence-corrected chi connectivity index (χ2v) is 8.50. The first-order chi connectivity index (χ1) is 15.7. The van der Waals surface area contributed by atoms with Crippen molar-refractivity contribution in [2.45, 2.75) is 32.6 Å². The second kappa shape index (κ2) is 9.40. The van der Waals surface area contributed by atoms with Crippen LogP contribution < -0.4 is 4.74 Å². The summed E-state index contributed by atoms with van der Waals surface area (Å²) in [5.41, 5.74) is -2.59. The zero-order valence-electron chi connectivity index (χ0n) is 18.4. The van der Waals surface area contributed by atoms with Gasteiger partial charge in [-0.15, -0.1) is 0 Å². The van der Waals surface area contributed by atoms with Crippen LogP contribution in [-0.2, 0) is 19.4 Å². The number of halogens is 7. The van der Waals surface area contributed by atoms with Crippen LogP contribution in [0.1, 0.15) is 31.5 Å². The summed E-state index contributed by atoms with van der Waals surface area (Å²) < 4.78 is 86.4. The number of rotatable bonds is 6. The highest BCUT2D eigenvalue weighted by Crippen LogP contribution is 2.47. The first kappa shape index (κ1) is 25.7. The van der Waals surface area contributed by atoms with E-state index in [1.165, 1.54) is 25.2 Å². The molecule has 0 amide bonds. The number of ether oxygens (including phenoxy) is 1. The summed E-state index contributed by atoms with van der Waals surface area (Å²) in [4.78, 5) is 0. The van der Waals surface area contributed by atoms with E-state index in [1.807, 2.05) is 13.8 Å². The van der Waals surface area contributed by atoms with Gasteiger partial charge in [-0.3, -0.25) is 4.68 Å². The SMILES string of the molecule is CC(C)CCOc1ccc(-c2cc(C(F)(F)F)nn2C)c(O)c1-c1ccc(Cl)c(C(F)(F)F)c1. The van der Waals surface area contributed by atoms with Gasteiger partial charge in [-0.05, 0) is 48.2 Å². The third-order valence-electron chi connectivity index (χ3n) is 5.10. The van der Waals surface area contributed by atoms with Gasteiger partial charge in [-0.1, -0.05) is 31.5 Å². The summed E-state index contributed by atoms with van der Waals surface area (Å²) in [5.74, 6) is -0.191.